The highest BCUT2D eigenvalue weighted by Crippen LogP contribution is 2.31. The number of hydrogen-bond donors (Lipinski definition) is 0. The fourth-order valence-electron chi connectivity index (χ4n) is 3.01. The first kappa shape index (κ1) is 14.3. The maximum absolute atomic E-state index is 14.0. The highest BCUT2D eigenvalue weighted by molar-refractivity contribution is 5.95. The molecule has 24 heavy (non-hydrogen) atoms. The van der Waals surface area contributed by atoms with E-state index >= 15 is 0 Å². The lowest BCUT2D eigenvalue weighted by molar-refractivity contribution is 0.639. The lowest BCUT2D eigenvalue weighted by atomic mass is 10.1. The van der Waals surface area contributed by atoms with E-state index < -0.39 is 0 Å². The summed E-state index contributed by atoms with van der Waals surface area (Å²) in [5, 5.41) is 10.4. The molecular weight excluding hydrogens is 303 g/mol. The third kappa shape index (κ3) is 2.12. The van der Waals surface area contributed by atoms with Gasteiger partial charge in [-0.15, -0.1) is 0 Å². The number of aromatic nitrogens is 3. The number of rotatable bonds is 1. The lowest BCUT2D eigenvalue weighted by Gasteiger charge is -2.07. The van der Waals surface area contributed by atoms with Gasteiger partial charge in [0, 0.05) is 42.4 Å². The van der Waals surface area contributed by atoms with Crippen LogP contribution in [0.3, 0.4) is 0 Å². The third-order valence-electron chi connectivity index (χ3n) is 4.23. The predicted octanol–water partition coefficient (Wildman–Crippen LogP) is 4.10. The molecule has 1 aliphatic rings. The van der Waals surface area contributed by atoms with Crippen LogP contribution in [0.4, 0.5) is 4.39 Å². The monoisotopic (exact) mass is 316 g/mol. The van der Waals surface area contributed by atoms with Crippen LogP contribution in [0.15, 0.2) is 42.2 Å². The molecule has 0 N–H and O–H groups in total. The first-order valence-corrected chi connectivity index (χ1v) is 7.55. The van der Waals surface area contributed by atoms with Crippen molar-refractivity contribution in [1.82, 2.24) is 14.5 Å². The largest absolute Gasteiger partial charge is 0.327 e. The number of allylic oxidation sites excluding steroid dienone is 2. The maximum atomic E-state index is 14.0. The average molecular weight is 316 g/mol. The van der Waals surface area contributed by atoms with Crippen molar-refractivity contribution in [2.24, 2.45) is 7.05 Å². The van der Waals surface area contributed by atoms with Gasteiger partial charge in [0.2, 0.25) is 0 Å². The molecule has 1 aliphatic carbocycles. The first-order valence-electron chi connectivity index (χ1n) is 7.55. The van der Waals surface area contributed by atoms with Crippen LogP contribution in [-0.2, 0) is 7.05 Å². The number of halogens is 1. The molecule has 0 amide bonds. The zero-order valence-electron chi connectivity index (χ0n) is 13.0. The molecule has 2 aromatic heterocycles. The molecule has 116 valence electrons. The van der Waals surface area contributed by atoms with Gasteiger partial charge in [-0.05, 0) is 23.6 Å². The Morgan fingerprint density at radius 2 is 2.12 bits per heavy atom. The smallest absolute Gasteiger partial charge is 0.143 e. The normalized spacial score (nSPS) is 13.3. The Morgan fingerprint density at radius 3 is 2.96 bits per heavy atom. The van der Waals surface area contributed by atoms with E-state index in [9.17, 15) is 4.39 Å². The zero-order chi connectivity index (χ0) is 16.7. The molecule has 2 heterocycles. The SMILES string of the molecule is Cn1c(-c2cncc3c(F)cccc23)nc2c1C=CCC(C#N)=C2. The summed E-state index contributed by atoms with van der Waals surface area (Å²) in [5.74, 6) is 0.396. The van der Waals surface area contributed by atoms with Gasteiger partial charge < -0.3 is 4.57 Å². The van der Waals surface area contributed by atoms with Crippen molar-refractivity contribution in [1.29, 1.82) is 5.26 Å². The van der Waals surface area contributed by atoms with E-state index in [1.54, 1.807) is 18.3 Å². The number of pyridine rings is 1. The van der Waals surface area contributed by atoms with Crippen molar-refractivity contribution < 1.29 is 4.39 Å². The number of nitrogens with zero attached hydrogens (tertiary/aromatic N) is 4. The molecule has 4 rings (SSSR count). The van der Waals surface area contributed by atoms with Gasteiger partial charge >= 0.3 is 0 Å². The molecule has 4 nitrogen and oxygen atoms in total. The zero-order valence-corrected chi connectivity index (χ0v) is 13.0. The molecular formula is C19H13FN4. The highest BCUT2D eigenvalue weighted by Gasteiger charge is 2.17. The summed E-state index contributed by atoms with van der Waals surface area (Å²) in [7, 11) is 1.91. The molecule has 0 fully saturated rings. The van der Waals surface area contributed by atoms with Crippen molar-refractivity contribution in [3.8, 4) is 17.5 Å². The molecule has 1 aromatic carbocycles. The first-order chi connectivity index (χ1) is 11.7. The van der Waals surface area contributed by atoms with E-state index in [0.717, 1.165) is 22.3 Å². The number of benzene rings is 1. The van der Waals surface area contributed by atoms with Gasteiger partial charge in [-0.2, -0.15) is 5.26 Å². The van der Waals surface area contributed by atoms with Crippen LogP contribution in [0.5, 0.6) is 0 Å². The minimum atomic E-state index is -0.302. The Kier molecular flexibility index (Phi) is 3.24. The topological polar surface area (TPSA) is 54.5 Å². The predicted molar refractivity (Wildman–Crippen MR) is 91.1 cm³/mol. The molecule has 0 saturated carbocycles. The van der Waals surface area contributed by atoms with Gasteiger partial charge in [0.05, 0.1) is 17.5 Å². The molecule has 0 aliphatic heterocycles. The molecule has 3 aromatic rings. The summed E-state index contributed by atoms with van der Waals surface area (Å²) < 4.78 is 16.0. The van der Waals surface area contributed by atoms with E-state index in [1.807, 2.05) is 29.8 Å². The summed E-state index contributed by atoms with van der Waals surface area (Å²) >= 11 is 0. The van der Waals surface area contributed by atoms with Crippen molar-refractivity contribution in [2.75, 3.05) is 0 Å². The Bertz CT molecular complexity index is 1070. The average Bonchev–Trinajstić information content (AvgIpc) is 2.78. The number of nitriles is 1. The van der Waals surface area contributed by atoms with Gasteiger partial charge in [0.25, 0.3) is 0 Å². The second-order valence-corrected chi connectivity index (χ2v) is 5.67. The summed E-state index contributed by atoms with van der Waals surface area (Å²) in [6, 6.07) is 7.16. The molecule has 0 unspecified atom stereocenters. The number of hydrogen-bond acceptors (Lipinski definition) is 3. The quantitative estimate of drug-likeness (QED) is 0.679. The summed E-state index contributed by atoms with van der Waals surface area (Å²) in [5.41, 5.74) is 3.09. The fourth-order valence-corrected chi connectivity index (χ4v) is 3.01. The van der Waals surface area contributed by atoms with Crippen molar-refractivity contribution in [3.05, 3.63) is 59.4 Å². The van der Waals surface area contributed by atoms with Gasteiger partial charge in [-0.3, -0.25) is 4.98 Å². The second kappa shape index (κ2) is 5.43. The Hall–Kier alpha value is -3.26. The van der Waals surface area contributed by atoms with Gasteiger partial charge in [0.15, 0.2) is 0 Å². The van der Waals surface area contributed by atoms with Crippen molar-refractivity contribution in [3.63, 3.8) is 0 Å². The van der Waals surface area contributed by atoms with E-state index in [0.29, 0.717) is 23.2 Å². The Labute approximate surface area is 138 Å². The van der Waals surface area contributed by atoms with E-state index in [1.165, 1.54) is 12.3 Å². The van der Waals surface area contributed by atoms with E-state index in [2.05, 4.69) is 16.0 Å². The Morgan fingerprint density at radius 1 is 1.25 bits per heavy atom. The maximum Gasteiger partial charge on any atom is 0.143 e. The minimum absolute atomic E-state index is 0.302. The van der Waals surface area contributed by atoms with Gasteiger partial charge in [-0.25, -0.2) is 9.37 Å². The summed E-state index contributed by atoms with van der Waals surface area (Å²) in [6.45, 7) is 0. The van der Waals surface area contributed by atoms with Crippen LogP contribution in [0.2, 0.25) is 0 Å². The molecule has 5 heteroatoms. The molecule has 0 bridgehead atoms. The van der Waals surface area contributed by atoms with E-state index in [4.69, 9.17) is 5.26 Å². The number of fused-ring (bicyclic) bond motifs is 2. The third-order valence-corrected chi connectivity index (χ3v) is 4.23. The van der Waals surface area contributed by atoms with Crippen LogP contribution >= 0.6 is 0 Å². The molecule has 0 radical (unpaired) electrons. The van der Waals surface area contributed by atoms with E-state index in [-0.39, 0.29) is 5.82 Å². The van der Waals surface area contributed by atoms with Crippen molar-refractivity contribution >= 4 is 22.9 Å². The Balaban J connectivity index is 1.99. The van der Waals surface area contributed by atoms with Crippen LogP contribution in [0, 0.1) is 17.1 Å². The fraction of sp³-hybridized carbons (Fsp3) is 0.105. The van der Waals surface area contributed by atoms with Crippen LogP contribution in [-0.4, -0.2) is 14.5 Å². The molecule has 0 spiro atoms. The second-order valence-electron chi connectivity index (χ2n) is 5.67. The summed E-state index contributed by atoms with van der Waals surface area (Å²) in [4.78, 5) is 8.85. The van der Waals surface area contributed by atoms with Crippen LogP contribution in [0.1, 0.15) is 17.8 Å². The highest BCUT2D eigenvalue weighted by atomic mass is 19.1. The van der Waals surface area contributed by atoms with Crippen LogP contribution < -0.4 is 0 Å². The summed E-state index contributed by atoms with van der Waals surface area (Å²) in [6.07, 6.45) is 9.54. The van der Waals surface area contributed by atoms with Crippen molar-refractivity contribution in [2.45, 2.75) is 6.42 Å². The standard InChI is InChI=1S/C19H13FN4/c1-24-18-7-2-4-12(9-21)8-17(18)23-19(24)15-11-22-10-14-13(15)5-3-6-16(14)20/h2-3,5-8,10-11H,4H2,1H3. The van der Waals surface area contributed by atoms with Crippen LogP contribution in [0.25, 0.3) is 34.3 Å². The number of imidazole rings is 1. The van der Waals surface area contributed by atoms with Gasteiger partial charge in [-0.1, -0.05) is 18.2 Å². The minimum Gasteiger partial charge on any atom is -0.327 e. The molecule has 0 saturated heterocycles. The van der Waals surface area contributed by atoms with Gasteiger partial charge in [0.1, 0.15) is 11.6 Å². The molecule has 0 atom stereocenters. The lowest BCUT2D eigenvalue weighted by Crippen LogP contribution is -1.97.